The van der Waals surface area contributed by atoms with Crippen LogP contribution in [0.15, 0.2) is 21.5 Å². The zero-order valence-corrected chi connectivity index (χ0v) is 21.5. The molecule has 0 N–H and O–H groups in total. The number of halogens is 1. The maximum absolute atomic E-state index is 12.9. The van der Waals surface area contributed by atoms with Crippen molar-refractivity contribution in [1.29, 1.82) is 0 Å². The average molecular weight is 555 g/mol. The number of ether oxygens (including phenoxy) is 3. The Bertz CT molecular complexity index is 990. The van der Waals surface area contributed by atoms with E-state index in [9.17, 15) is 19.2 Å². The second kappa shape index (κ2) is 12.3. The third kappa shape index (κ3) is 6.53. The molecule has 3 amide bonds. The molecule has 0 saturated carbocycles. The standard InChI is InChI=1S/C23H27BrN2O7S/c1-3-32-17-11-15(10-16(24)21(17)33-14-20(28)31-2)12-18-22(29)26(23(30)34-18)13-19(27)25-8-6-4-5-7-9-25/h10-12H,3-9,13-14H2,1-2H3. The van der Waals surface area contributed by atoms with Crippen molar-refractivity contribution in [2.45, 2.75) is 32.6 Å². The lowest BCUT2D eigenvalue weighted by molar-refractivity contribution is -0.143. The van der Waals surface area contributed by atoms with E-state index in [4.69, 9.17) is 9.47 Å². The van der Waals surface area contributed by atoms with Gasteiger partial charge in [-0.15, -0.1) is 0 Å². The van der Waals surface area contributed by atoms with E-state index in [-0.39, 0.29) is 24.0 Å². The molecule has 3 rings (SSSR count). The molecule has 9 nitrogen and oxygen atoms in total. The van der Waals surface area contributed by atoms with Crippen LogP contribution in [0, 0.1) is 0 Å². The number of likely N-dealkylation sites (tertiary alicyclic amines) is 1. The van der Waals surface area contributed by atoms with Gasteiger partial charge < -0.3 is 19.1 Å². The number of thioether (sulfide) groups is 1. The molecule has 0 spiro atoms. The lowest BCUT2D eigenvalue weighted by atomic mass is 10.2. The minimum atomic E-state index is -0.540. The van der Waals surface area contributed by atoms with Crippen molar-refractivity contribution in [3.05, 3.63) is 27.1 Å². The van der Waals surface area contributed by atoms with Gasteiger partial charge in [0, 0.05) is 13.1 Å². The Hall–Kier alpha value is -2.53. The third-order valence-electron chi connectivity index (χ3n) is 5.32. The summed E-state index contributed by atoms with van der Waals surface area (Å²) in [6.45, 7) is 2.92. The van der Waals surface area contributed by atoms with Gasteiger partial charge in [0.2, 0.25) is 5.91 Å². The molecule has 2 aliphatic heterocycles. The molecule has 0 atom stereocenters. The molecular weight excluding hydrogens is 528 g/mol. The van der Waals surface area contributed by atoms with Gasteiger partial charge in [0.05, 0.1) is 23.1 Å². The lowest BCUT2D eigenvalue weighted by Crippen LogP contribution is -2.42. The van der Waals surface area contributed by atoms with Crippen LogP contribution >= 0.6 is 27.7 Å². The molecule has 0 unspecified atom stereocenters. The number of imide groups is 1. The van der Waals surface area contributed by atoms with Crippen molar-refractivity contribution in [2.24, 2.45) is 0 Å². The first-order valence-corrected chi connectivity index (χ1v) is 12.6. The molecule has 11 heteroatoms. The quantitative estimate of drug-likeness (QED) is 0.352. The molecule has 2 aliphatic rings. The largest absolute Gasteiger partial charge is 0.490 e. The fraction of sp³-hybridized carbons (Fsp3) is 0.478. The molecule has 1 aromatic carbocycles. The van der Waals surface area contributed by atoms with Gasteiger partial charge in [0.1, 0.15) is 6.54 Å². The third-order valence-corrected chi connectivity index (χ3v) is 6.81. The number of hydrogen-bond acceptors (Lipinski definition) is 8. The van der Waals surface area contributed by atoms with Gasteiger partial charge in [-0.3, -0.25) is 19.3 Å². The summed E-state index contributed by atoms with van der Waals surface area (Å²) in [7, 11) is 1.27. The number of methoxy groups -OCH3 is 1. The highest BCUT2D eigenvalue weighted by molar-refractivity contribution is 9.10. The van der Waals surface area contributed by atoms with E-state index < -0.39 is 17.1 Å². The van der Waals surface area contributed by atoms with Crippen LogP contribution in [0.2, 0.25) is 0 Å². The van der Waals surface area contributed by atoms with Crippen LogP contribution < -0.4 is 9.47 Å². The van der Waals surface area contributed by atoms with Gasteiger partial charge in [0.25, 0.3) is 11.1 Å². The second-order valence-corrected chi connectivity index (χ2v) is 9.54. The fourth-order valence-corrected chi connectivity index (χ4v) is 5.02. The molecule has 2 saturated heterocycles. The van der Waals surface area contributed by atoms with E-state index in [1.54, 1.807) is 30.0 Å². The highest BCUT2D eigenvalue weighted by atomic mass is 79.9. The van der Waals surface area contributed by atoms with E-state index in [0.29, 0.717) is 41.2 Å². The predicted octanol–water partition coefficient (Wildman–Crippen LogP) is 3.84. The number of carbonyl (C=O) groups is 4. The van der Waals surface area contributed by atoms with E-state index in [1.165, 1.54) is 7.11 Å². The molecule has 1 aromatic rings. The molecule has 0 aliphatic carbocycles. The molecule has 184 valence electrons. The highest BCUT2D eigenvalue weighted by Crippen LogP contribution is 2.39. The summed E-state index contributed by atoms with van der Waals surface area (Å²) in [5.74, 6) is -0.567. The Morgan fingerprint density at radius 3 is 2.47 bits per heavy atom. The summed E-state index contributed by atoms with van der Waals surface area (Å²) in [6, 6.07) is 3.34. The van der Waals surface area contributed by atoms with Crippen molar-refractivity contribution >= 4 is 56.8 Å². The predicted molar refractivity (Wildman–Crippen MR) is 131 cm³/mol. The normalized spacial score (nSPS) is 17.7. The van der Waals surface area contributed by atoms with Crippen LogP contribution in [0.25, 0.3) is 6.08 Å². The Labute approximate surface area is 210 Å². The van der Waals surface area contributed by atoms with Crippen LogP contribution in [-0.4, -0.2) is 72.8 Å². The van der Waals surface area contributed by atoms with E-state index in [2.05, 4.69) is 20.7 Å². The summed E-state index contributed by atoms with van der Waals surface area (Å²) in [6.07, 6.45) is 5.60. The van der Waals surface area contributed by atoms with Crippen LogP contribution in [0.3, 0.4) is 0 Å². The van der Waals surface area contributed by atoms with E-state index in [0.717, 1.165) is 42.3 Å². The highest BCUT2D eigenvalue weighted by Gasteiger charge is 2.37. The first kappa shape index (κ1) is 26.1. The van der Waals surface area contributed by atoms with Crippen molar-refractivity contribution in [2.75, 3.05) is 40.0 Å². The molecule has 0 bridgehead atoms. The van der Waals surface area contributed by atoms with Crippen LogP contribution in [0.4, 0.5) is 4.79 Å². The SMILES string of the molecule is CCOc1cc(C=C2SC(=O)N(CC(=O)N3CCCCCC3)C2=O)cc(Br)c1OCC(=O)OC. The van der Waals surface area contributed by atoms with Gasteiger partial charge in [0.15, 0.2) is 18.1 Å². The summed E-state index contributed by atoms with van der Waals surface area (Å²) in [4.78, 5) is 52.5. The van der Waals surface area contributed by atoms with Crippen molar-refractivity contribution in [1.82, 2.24) is 9.80 Å². The number of esters is 1. The Kier molecular flexibility index (Phi) is 9.40. The van der Waals surface area contributed by atoms with Crippen molar-refractivity contribution < 1.29 is 33.4 Å². The summed E-state index contributed by atoms with van der Waals surface area (Å²) < 4.78 is 16.3. The Morgan fingerprint density at radius 1 is 1.12 bits per heavy atom. The van der Waals surface area contributed by atoms with E-state index in [1.807, 2.05) is 0 Å². The second-order valence-electron chi connectivity index (χ2n) is 7.69. The van der Waals surface area contributed by atoms with Gasteiger partial charge in [-0.05, 0) is 71.2 Å². The first-order chi connectivity index (χ1) is 16.3. The molecule has 2 heterocycles. The van der Waals surface area contributed by atoms with Gasteiger partial charge >= 0.3 is 5.97 Å². The zero-order chi connectivity index (χ0) is 24.7. The maximum atomic E-state index is 12.9. The number of carbonyl (C=O) groups excluding carboxylic acids is 4. The van der Waals surface area contributed by atoms with Gasteiger partial charge in [-0.1, -0.05) is 12.8 Å². The molecule has 0 radical (unpaired) electrons. The summed E-state index contributed by atoms with van der Waals surface area (Å²) in [5, 5.41) is -0.471. The van der Waals surface area contributed by atoms with Gasteiger partial charge in [-0.2, -0.15) is 0 Å². The van der Waals surface area contributed by atoms with Crippen LogP contribution in [-0.2, 0) is 19.1 Å². The monoisotopic (exact) mass is 554 g/mol. The molecule has 0 aromatic heterocycles. The average Bonchev–Trinajstić information content (AvgIpc) is 2.99. The number of benzene rings is 1. The summed E-state index contributed by atoms with van der Waals surface area (Å²) in [5.41, 5.74) is 0.588. The van der Waals surface area contributed by atoms with Crippen LogP contribution in [0.5, 0.6) is 11.5 Å². The van der Waals surface area contributed by atoms with Crippen molar-refractivity contribution in [3.8, 4) is 11.5 Å². The zero-order valence-electron chi connectivity index (χ0n) is 19.1. The number of nitrogens with zero attached hydrogens (tertiary/aromatic N) is 2. The summed E-state index contributed by atoms with van der Waals surface area (Å²) >= 11 is 4.20. The topological polar surface area (TPSA) is 102 Å². The maximum Gasteiger partial charge on any atom is 0.343 e. The lowest BCUT2D eigenvalue weighted by Gasteiger charge is -2.22. The molecular formula is C23H27BrN2O7S. The van der Waals surface area contributed by atoms with E-state index >= 15 is 0 Å². The van der Waals surface area contributed by atoms with Gasteiger partial charge in [-0.25, -0.2) is 4.79 Å². The molecule has 2 fully saturated rings. The molecule has 34 heavy (non-hydrogen) atoms. The smallest absolute Gasteiger partial charge is 0.343 e. The Balaban J connectivity index is 1.76. The minimum Gasteiger partial charge on any atom is -0.490 e. The number of amides is 3. The van der Waals surface area contributed by atoms with Crippen LogP contribution in [0.1, 0.15) is 38.2 Å². The fourth-order valence-electron chi connectivity index (χ4n) is 3.61. The minimum absolute atomic E-state index is 0.209. The first-order valence-electron chi connectivity index (χ1n) is 11.0. The number of hydrogen-bond donors (Lipinski definition) is 0. The number of rotatable bonds is 8. The van der Waals surface area contributed by atoms with Crippen molar-refractivity contribution in [3.63, 3.8) is 0 Å². The Morgan fingerprint density at radius 2 is 1.82 bits per heavy atom.